The minimum absolute atomic E-state index is 0.0306. The molecule has 0 spiro atoms. The van der Waals surface area contributed by atoms with E-state index in [-0.39, 0.29) is 11.9 Å². The number of nitrogens with one attached hydrogen (secondary N) is 3. The van der Waals surface area contributed by atoms with Gasteiger partial charge in [-0.25, -0.2) is 0 Å². The van der Waals surface area contributed by atoms with E-state index in [2.05, 4.69) is 16.0 Å². The molecule has 16 heavy (non-hydrogen) atoms. The lowest BCUT2D eigenvalue weighted by molar-refractivity contribution is -0.124. The van der Waals surface area contributed by atoms with Crippen LogP contribution in [0.1, 0.15) is 38.5 Å². The zero-order chi connectivity index (χ0) is 11.2. The van der Waals surface area contributed by atoms with Gasteiger partial charge in [-0.05, 0) is 12.8 Å². The largest absolute Gasteiger partial charge is 0.352 e. The number of amides is 1. The lowest BCUT2D eigenvalue weighted by Gasteiger charge is -2.26. The zero-order valence-corrected chi connectivity index (χ0v) is 9.93. The summed E-state index contributed by atoms with van der Waals surface area (Å²) in [6.45, 7) is 2.62. The molecule has 1 saturated heterocycles. The molecule has 1 amide bonds. The first-order chi connectivity index (χ1) is 7.86. The molecule has 1 aliphatic heterocycles. The predicted octanol–water partition coefficient (Wildman–Crippen LogP) is 0.387. The van der Waals surface area contributed by atoms with Crippen LogP contribution in [0.4, 0.5) is 0 Å². The molecule has 0 radical (unpaired) electrons. The van der Waals surface area contributed by atoms with Crippen molar-refractivity contribution in [2.24, 2.45) is 0 Å². The smallest absolute Gasteiger partial charge is 0.238 e. The highest BCUT2D eigenvalue weighted by atomic mass is 16.2. The third-order valence-electron chi connectivity index (χ3n) is 3.56. The van der Waals surface area contributed by atoms with Crippen LogP contribution in [0.2, 0.25) is 0 Å². The minimum atomic E-state index is -0.0306. The van der Waals surface area contributed by atoms with Crippen molar-refractivity contribution in [3.8, 4) is 0 Å². The number of carbonyl (C=O) groups is 1. The number of hydrogen-bond acceptors (Lipinski definition) is 3. The molecule has 2 fully saturated rings. The fraction of sp³-hybridized carbons (Fsp3) is 0.917. The standard InChI is InChI=1S/C12H23N3O/c16-12(11-9-13-7-8-14-11)15-10-5-3-1-2-4-6-10/h10-11,13-14H,1-9H2,(H,15,16). The van der Waals surface area contributed by atoms with Crippen molar-refractivity contribution in [1.29, 1.82) is 0 Å². The molecule has 0 bridgehead atoms. The summed E-state index contributed by atoms with van der Waals surface area (Å²) in [5.41, 5.74) is 0. The van der Waals surface area contributed by atoms with Gasteiger partial charge in [-0.3, -0.25) is 4.79 Å². The van der Waals surface area contributed by atoms with E-state index in [1.165, 1.54) is 25.7 Å². The number of piperazine rings is 1. The first kappa shape index (κ1) is 11.9. The summed E-state index contributed by atoms with van der Waals surface area (Å²) < 4.78 is 0. The van der Waals surface area contributed by atoms with Gasteiger partial charge in [0.2, 0.25) is 5.91 Å². The molecule has 4 heteroatoms. The second-order valence-electron chi connectivity index (χ2n) is 4.91. The molecule has 92 valence electrons. The maximum atomic E-state index is 12.0. The molecular formula is C12H23N3O. The zero-order valence-electron chi connectivity index (χ0n) is 9.93. The van der Waals surface area contributed by atoms with E-state index in [4.69, 9.17) is 0 Å². The van der Waals surface area contributed by atoms with Crippen LogP contribution in [0.15, 0.2) is 0 Å². The molecule has 1 heterocycles. The number of hydrogen-bond donors (Lipinski definition) is 3. The lowest BCUT2D eigenvalue weighted by Crippen LogP contribution is -2.57. The van der Waals surface area contributed by atoms with Crippen LogP contribution in [0.5, 0.6) is 0 Å². The summed E-state index contributed by atoms with van der Waals surface area (Å²) >= 11 is 0. The van der Waals surface area contributed by atoms with Gasteiger partial charge in [0.25, 0.3) is 0 Å². The summed E-state index contributed by atoms with van der Waals surface area (Å²) in [6, 6.07) is 0.385. The summed E-state index contributed by atoms with van der Waals surface area (Å²) in [5, 5.41) is 9.68. The Labute approximate surface area is 97.6 Å². The maximum absolute atomic E-state index is 12.0. The number of rotatable bonds is 2. The first-order valence-corrected chi connectivity index (χ1v) is 6.61. The molecule has 0 aromatic carbocycles. The number of carbonyl (C=O) groups excluding carboxylic acids is 1. The molecule has 2 rings (SSSR count). The van der Waals surface area contributed by atoms with Crippen molar-refractivity contribution in [3.63, 3.8) is 0 Å². The Bertz CT molecular complexity index is 218. The van der Waals surface area contributed by atoms with E-state index in [0.29, 0.717) is 6.04 Å². The lowest BCUT2D eigenvalue weighted by atomic mass is 10.1. The predicted molar refractivity (Wildman–Crippen MR) is 64.3 cm³/mol. The topological polar surface area (TPSA) is 53.2 Å². The quantitative estimate of drug-likeness (QED) is 0.596. The van der Waals surface area contributed by atoms with Gasteiger partial charge in [0.15, 0.2) is 0 Å². The maximum Gasteiger partial charge on any atom is 0.238 e. The average Bonchev–Trinajstić information content (AvgIpc) is 2.59. The van der Waals surface area contributed by atoms with Gasteiger partial charge in [0.05, 0.1) is 6.04 Å². The van der Waals surface area contributed by atoms with Crippen molar-refractivity contribution in [3.05, 3.63) is 0 Å². The van der Waals surface area contributed by atoms with Gasteiger partial charge < -0.3 is 16.0 Å². The van der Waals surface area contributed by atoms with Crippen LogP contribution in [0, 0.1) is 0 Å². The van der Waals surface area contributed by atoms with E-state index >= 15 is 0 Å². The summed E-state index contributed by atoms with van der Waals surface area (Å²) in [6.07, 6.45) is 7.51. The monoisotopic (exact) mass is 225 g/mol. The Hall–Kier alpha value is -0.610. The van der Waals surface area contributed by atoms with E-state index in [0.717, 1.165) is 32.5 Å². The first-order valence-electron chi connectivity index (χ1n) is 6.61. The Morgan fingerprint density at radius 3 is 2.44 bits per heavy atom. The van der Waals surface area contributed by atoms with Crippen molar-refractivity contribution >= 4 is 5.91 Å². The normalized spacial score (nSPS) is 28.4. The highest BCUT2D eigenvalue weighted by molar-refractivity contribution is 5.82. The van der Waals surface area contributed by atoms with Crippen LogP contribution in [0.3, 0.4) is 0 Å². The Morgan fingerprint density at radius 1 is 1.06 bits per heavy atom. The van der Waals surface area contributed by atoms with Gasteiger partial charge in [-0.1, -0.05) is 25.7 Å². The van der Waals surface area contributed by atoms with Crippen LogP contribution in [0.25, 0.3) is 0 Å². The second-order valence-corrected chi connectivity index (χ2v) is 4.91. The Kier molecular flexibility index (Phi) is 4.60. The van der Waals surface area contributed by atoms with E-state index in [1.807, 2.05) is 0 Å². The molecule has 1 atom stereocenters. The molecule has 4 nitrogen and oxygen atoms in total. The third kappa shape index (κ3) is 3.46. The molecule has 3 N–H and O–H groups in total. The molecule has 1 unspecified atom stereocenters. The average molecular weight is 225 g/mol. The molecule has 1 saturated carbocycles. The van der Waals surface area contributed by atoms with E-state index < -0.39 is 0 Å². The van der Waals surface area contributed by atoms with Gasteiger partial charge in [0.1, 0.15) is 0 Å². The fourth-order valence-corrected chi connectivity index (χ4v) is 2.56. The molecular weight excluding hydrogens is 202 g/mol. The van der Waals surface area contributed by atoms with Crippen molar-refractivity contribution in [2.45, 2.75) is 50.6 Å². The van der Waals surface area contributed by atoms with Crippen molar-refractivity contribution in [1.82, 2.24) is 16.0 Å². The second kappa shape index (κ2) is 6.21. The van der Waals surface area contributed by atoms with Crippen LogP contribution < -0.4 is 16.0 Å². The van der Waals surface area contributed by atoms with Crippen LogP contribution >= 0.6 is 0 Å². The van der Waals surface area contributed by atoms with Gasteiger partial charge in [-0.2, -0.15) is 0 Å². The Balaban J connectivity index is 1.76. The fourth-order valence-electron chi connectivity index (χ4n) is 2.56. The van der Waals surface area contributed by atoms with Crippen LogP contribution in [-0.4, -0.2) is 37.6 Å². The minimum Gasteiger partial charge on any atom is -0.352 e. The third-order valence-corrected chi connectivity index (χ3v) is 3.56. The van der Waals surface area contributed by atoms with E-state index in [9.17, 15) is 4.79 Å². The highest BCUT2D eigenvalue weighted by Crippen LogP contribution is 2.17. The van der Waals surface area contributed by atoms with Gasteiger partial charge in [-0.15, -0.1) is 0 Å². The SMILES string of the molecule is O=C(NC1CCCCCC1)C1CNCCN1. The Morgan fingerprint density at radius 2 is 1.81 bits per heavy atom. The highest BCUT2D eigenvalue weighted by Gasteiger charge is 2.23. The molecule has 2 aliphatic rings. The molecule has 0 aromatic heterocycles. The summed E-state index contributed by atoms with van der Waals surface area (Å²) in [7, 11) is 0. The summed E-state index contributed by atoms with van der Waals surface area (Å²) in [4.78, 5) is 12.0. The van der Waals surface area contributed by atoms with Gasteiger partial charge in [0, 0.05) is 25.7 Å². The van der Waals surface area contributed by atoms with Crippen molar-refractivity contribution in [2.75, 3.05) is 19.6 Å². The van der Waals surface area contributed by atoms with Gasteiger partial charge >= 0.3 is 0 Å². The van der Waals surface area contributed by atoms with Crippen molar-refractivity contribution < 1.29 is 4.79 Å². The molecule has 1 aliphatic carbocycles. The van der Waals surface area contributed by atoms with Crippen LogP contribution in [-0.2, 0) is 4.79 Å². The summed E-state index contributed by atoms with van der Waals surface area (Å²) in [5.74, 6) is 0.180. The van der Waals surface area contributed by atoms with E-state index in [1.54, 1.807) is 0 Å². The molecule has 0 aromatic rings.